The molecule has 5 amide bonds. The van der Waals surface area contributed by atoms with Crippen molar-refractivity contribution in [2.24, 2.45) is 17.1 Å². The van der Waals surface area contributed by atoms with E-state index in [4.69, 9.17) is 10.7 Å². The van der Waals surface area contributed by atoms with Crippen molar-refractivity contribution in [3.05, 3.63) is 116 Å². The van der Waals surface area contributed by atoms with Gasteiger partial charge in [0, 0.05) is 99.0 Å². The third kappa shape index (κ3) is 15.9. The lowest BCUT2D eigenvalue weighted by Gasteiger charge is -2.35. The maximum atomic E-state index is 14.1. The van der Waals surface area contributed by atoms with E-state index in [2.05, 4.69) is 40.8 Å². The Morgan fingerprint density at radius 1 is 0.831 bits per heavy atom. The number of aliphatic hydroxyl groups excluding tert-OH is 1. The number of H-pyrrole nitrogens is 1. The molecule has 0 aliphatic carbocycles. The molecule has 2 saturated heterocycles. The number of amides is 5. The zero-order chi connectivity index (χ0) is 59.5. The lowest BCUT2D eigenvalue weighted by atomic mass is 9.85. The van der Waals surface area contributed by atoms with Gasteiger partial charge < -0.3 is 41.6 Å². The van der Waals surface area contributed by atoms with Crippen LogP contribution in [0.5, 0.6) is 0 Å². The number of benzene rings is 2. The number of nitrogens with zero attached hydrogens (tertiary/aromatic N) is 7. The summed E-state index contributed by atoms with van der Waals surface area (Å²) in [6.45, 7) is 19.8. The molecule has 1 unspecified atom stereocenters. The van der Waals surface area contributed by atoms with Crippen LogP contribution < -0.4 is 32.1 Å². The number of hydrogen-bond donors (Lipinski definition) is 6. The first-order valence-corrected chi connectivity index (χ1v) is 30.3. The summed E-state index contributed by atoms with van der Waals surface area (Å²) in [5.41, 5.74) is 14.9. The monoisotopic (exact) mass is 1150 g/mol. The van der Waals surface area contributed by atoms with Crippen molar-refractivity contribution in [1.82, 2.24) is 50.5 Å². The van der Waals surface area contributed by atoms with E-state index < -0.39 is 23.6 Å². The fourth-order valence-electron chi connectivity index (χ4n) is 11.4. The Balaban J connectivity index is 0.729. The molecule has 0 spiro atoms. The van der Waals surface area contributed by atoms with Gasteiger partial charge in [0.1, 0.15) is 17.9 Å². The highest BCUT2D eigenvalue weighted by Gasteiger charge is 2.44. The van der Waals surface area contributed by atoms with Gasteiger partial charge in [-0.2, -0.15) is 5.10 Å². The number of thiazole rings is 1. The summed E-state index contributed by atoms with van der Waals surface area (Å²) in [6, 6.07) is 16.1. The topological polar surface area (TPSA) is 254 Å². The first-order chi connectivity index (χ1) is 39.6. The quantitative estimate of drug-likeness (QED) is 0.0299. The first kappa shape index (κ1) is 61.8. The number of aromatic amines is 1. The number of aromatic nitrogens is 5. The lowest BCUT2D eigenvalue weighted by Crippen LogP contribution is -2.57. The molecular weight excluding hydrogens is 1070 g/mol. The fraction of sp³-hybridized carbons (Fsp3) is 0.508. The predicted molar refractivity (Wildman–Crippen MR) is 326 cm³/mol. The highest BCUT2D eigenvalue weighted by molar-refractivity contribution is 7.13. The van der Waals surface area contributed by atoms with Crippen LogP contribution in [-0.4, -0.2) is 127 Å². The summed E-state index contributed by atoms with van der Waals surface area (Å²) < 4.78 is 1.91. The van der Waals surface area contributed by atoms with Crippen LogP contribution in [0.2, 0.25) is 0 Å². The number of carbonyl (C=O) groups is 5. The normalized spacial score (nSPS) is 16.6. The first-order valence-electron chi connectivity index (χ1n) is 29.4. The number of aliphatic hydroxyl groups is 1. The minimum atomic E-state index is -0.880. The molecule has 83 heavy (non-hydrogen) atoms. The molecule has 7 N–H and O–H groups in total. The van der Waals surface area contributed by atoms with Crippen LogP contribution >= 0.6 is 11.3 Å². The molecule has 2 aliphatic heterocycles. The van der Waals surface area contributed by atoms with Gasteiger partial charge >= 0.3 is 0 Å². The van der Waals surface area contributed by atoms with E-state index in [1.165, 1.54) is 4.90 Å². The summed E-state index contributed by atoms with van der Waals surface area (Å²) in [5.74, 6) is -0.841. The van der Waals surface area contributed by atoms with Crippen molar-refractivity contribution in [3.63, 3.8) is 0 Å². The van der Waals surface area contributed by atoms with Crippen molar-refractivity contribution >= 4 is 57.6 Å². The van der Waals surface area contributed by atoms with E-state index in [1.807, 2.05) is 126 Å². The van der Waals surface area contributed by atoms with Gasteiger partial charge in [-0.05, 0) is 118 Å². The van der Waals surface area contributed by atoms with Crippen LogP contribution in [0.4, 0.5) is 5.82 Å². The zero-order valence-electron chi connectivity index (χ0n) is 49.6. The van der Waals surface area contributed by atoms with Gasteiger partial charge in [-0.1, -0.05) is 77.1 Å². The molecule has 19 nitrogen and oxygen atoms in total. The minimum absolute atomic E-state index is 0.0145. The maximum absolute atomic E-state index is 14.1. The Kier molecular flexibility index (Phi) is 20.7. The predicted octanol–water partition coefficient (Wildman–Crippen LogP) is 7.89. The van der Waals surface area contributed by atoms with Crippen molar-refractivity contribution < 1.29 is 29.1 Å². The van der Waals surface area contributed by atoms with E-state index >= 15 is 0 Å². The molecule has 2 aliphatic rings. The van der Waals surface area contributed by atoms with E-state index in [-0.39, 0.29) is 79.5 Å². The Bertz CT molecular complexity index is 3280. The highest BCUT2D eigenvalue weighted by atomic mass is 32.1. The summed E-state index contributed by atoms with van der Waals surface area (Å²) in [4.78, 5) is 99.2. The maximum Gasteiger partial charge on any atom is 0.253 e. The number of nitrogens with one attached hydrogen (secondary N) is 4. The summed E-state index contributed by atoms with van der Waals surface area (Å²) in [5, 5.41) is 24.9. The molecule has 0 bridgehead atoms. The Hall–Kier alpha value is -7.29. The molecular formula is C63H84N12O7S. The number of primary amides is 1. The third-order valence-corrected chi connectivity index (χ3v) is 17.2. The number of hydrogen-bond acceptors (Lipinski definition) is 13. The molecule has 0 saturated carbocycles. The van der Waals surface area contributed by atoms with E-state index in [0.29, 0.717) is 24.0 Å². The number of rotatable bonds is 25. The van der Waals surface area contributed by atoms with Crippen molar-refractivity contribution in [3.8, 4) is 21.6 Å². The highest BCUT2D eigenvalue weighted by Crippen LogP contribution is 2.32. The molecule has 6 aromatic rings. The van der Waals surface area contributed by atoms with E-state index in [1.54, 1.807) is 17.5 Å². The Morgan fingerprint density at radius 2 is 1.54 bits per heavy atom. The lowest BCUT2D eigenvalue weighted by molar-refractivity contribution is -0.144. The van der Waals surface area contributed by atoms with Crippen LogP contribution in [0.1, 0.15) is 143 Å². The van der Waals surface area contributed by atoms with E-state index in [9.17, 15) is 33.9 Å². The molecule has 4 atom stereocenters. The molecule has 0 radical (unpaired) electrons. The number of unbranched alkanes of at least 4 members (excludes halogenated alkanes) is 5. The van der Waals surface area contributed by atoms with Crippen LogP contribution in [0, 0.1) is 32.1 Å². The van der Waals surface area contributed by atoms with Gasteiger partial charge in [-0.3, -0.25) is 38.3 Å². The summed E-state index contributed by atoms with van der Waals surface area (Å²) >= 11 is 1.58. The number of carbonyl (C=O) groups excluding carboxylic acids is 5. The smallest absolute Gasteiger partial charge is 0.253 e. The molecule has 8 rings (SSSR count). The Morgan fingerprint density at radius 3 is 2.19 bits per heavy atom. The van der Waals surface area contributed by atoms with Gasteiger partial charge in [-0.15, -0.1) is 11.3 Å². The number of fused-ring (bicyclic) bond motifs is 1. The number of aryl methyl sites for hydroxylation is 3. The number of nitrogens with two attached hydrogens (primary N) is 1. The largest absolute Gasteiger partial charge is 0.391 e. The number of likely N-dealkylation sites (tertiary alicyclic amines) is 1. The van der Waals surface area contributed by atoms with Crippen molar-refractivity contribution in [2.45, 2.75) is 157 Å². The number of anilines is 1. The standard InChI is InChI=1S/C63H84N12O7S/c1-39(2)75-52-31-47(30-49(51(52)36-69-75)59(79)67-35-50-40(3)29-41(4)70-60(50)80)46-21-22-54(65-34-46)73-27-25-72(26-28-73)24-23-45(58(64)78)15-13-11-9-10-12-14-16-55(77)71-57(63(6,7)8)62(82)74-37-48(76)32-53(74)61(81)66-33-43-17-19-44(20-18-43)56-42(5)68-38-83-56/h17-22,29-31,34,36,38-39,45,48,53,57,76H,9-16,23-28,32-33,35,37H2,1-8H3,(H2,64,78)(H,66,81)(H,67,79)(H,70,80)(H,71,77)/t45?,48-,53+,57-/m1/s1. The molecule has 20 heteroatoms. The number of pyridine rings is 2. The SMILES string of the molecule is Cc1cc(C)c(CNC(=O)c2cc(-c3ccc(N4CCN(CCC(CCCCCCCCC(=O)N[C@H](C(=O)N5C[C@H](O)C[C@H]5C(=O)NCc5ccc(-c6scnc6C)cc5)C(C)(C)C)C(N)=O)CC4)nc3)cc3c2cnn3C(C)C)c(=O)[nH]1. The average Bonchev–Trinajstić information content (AvgIpc) is 4.44. The number of piperazine rings is 1. The van der Waals surface area contributed by atoms with E-state index in [0.717, 1.165) is 132 Å². The Labute approximate surface area is 491 Å². The molecule has 4 aromatic heterocycles. The second-order valence-corrected chi connectivity index (χ2v) is 24.8. The van der Waals surface area contributed by atoms with Crippen LogP contribution in [0.3, 0.4) is 0 Å². The minimum Gasteiger partial charge on any atom is -0.391 e. The van der Waals surface area contributed by atoms with Gasteiger partial charge in [0.25, 0.3) is 11.5 Å². The van der Waals surface area contributed by atoms with Gasteiger partial charge in [0.05, 0.1) is 39.5 Å². The molecule has 2 aromatic carbocycles. The van der Waals surface area contributed by atoms with Crippen LogP contribution in [0.15, 0.2) is 77.3 Å². The van der Waals surface area contributed by atoms with Crippen LogP contribution in [0.25, 0.3) is 32.5 Å². The summed E-state index contributed by atoms with van der Waals surface area (Å²) in [7, 11) is 0. The zero-order valence-corrected chi connectivity index (χ0v) is 50.4. The molecule has 6 heterocycles. The number of β-amino-alcohol motifs (C(OH)–C–C–N with tert-alkyl or cyclic N) is 1. The molecule has 2 fully saturated rings. The van der Waals surface area contributed by atoms with Gasteiger partial charge in [0.2, 0.25) is 23.6 Å². The second kappa shape index (κ2) is 27.9. The van der Waals surface area contributed by atoms with Gasteiger partial charge in [0.15, 0.2) is 0 Å². The average molecular weight is 1150 g/mol. The van der Waals surface area contributed by atoms with Crippen molar-refractivity contribution in [1.29, 1.82) is 0 Å². The fourth-order valence-corrected chi connectivity index (χ4v) is 12.2. The van der Waals surface area contributed by atoms with Crippen molar-refractivity contribution in [2.75, 3.05) is 44.2 Å². The van der Waals surface area contributed by atoms with Gasteiger partial charge in [-0.25, -0.2) is 9.97 Å². The second-order valence-electron chi connectivity index (χ2n) is 24.0. The third-order valence-electron chi connectivity index (χ3n) is 16.3. The molecule has 444 valence electrons. The van der Waals surface area contributed by atoms with Crippen LogP contribution in [-0.2, 0) is 32.3 Å². The summed E-state index contributed by atoms with van der Waals surface area (Å²) in [6.07, 6.45) is 9.83.